The zero-order valence-corrected chi connectivity index (χ0v) is 41.9. The fourth-order valence-corrected chi connectivity index (χ4v) is 15.0. The van der Waals surface area contributed by atoms with Gasteiger partial charge < -0.3 is 48.9 Å². The number of aryl methyl sites for hydroxylation is 1. The number of aromatic nitrogens is 1. The van der Waals surface area contributed by atoms with Crippen LogP contribution in [0.5, 0.6) is 11.5 Å². The standard InChI is InChI=1S/C55H67N5O10/c1-10-51(57-45(62)35-17-18-42(66-6)32(3)25-35)28-34-29-54(49(63)68-8,44-37(19-23-59(30-34)31-51)36-15-12-13-16-40(36)56-44)39-26-38-41(27-43(39)67-7)58(5)47-53(38)21-24-60-22-14-20-52(11-2,46(53)60)48(70-33(4)61)55(47,65)50(64)69-9/h12-18,20,25-27,34,46-48,56,65H,10-11,19,21-24,28-31H2,1-9H3,(H,57,62)/t34-,46+,47-,48-,51+,52-,53-,54+,55+/m1/s1. The fourth-order valence-electron chi connectivity index (χ4n) is 15.0. The fraction of sp³-hybridized carbons (Fsp3) is 0.527. The molecule has 372 valence electrons. The molecule has 10 rings (SSSR count). The number of H-pyrrole nitrogens is 1. The van der Waals surface area contributed by atoms with Gasteiger partial charge in [0.05, 0.1) is 40.0 Å². The molecule has 3 fully saturated rings. The van der Waals surface area contributed by atoms with Crippen LogP contribution >= 0.6 is 0 Å². The number of anilines is 1. The van der Waals surface area contributed by atoms with Gasteiger partial charge in [0.15, 0.2) is 6.10 Å². The van der Waals surface area contributed by atoms with E-state index in [-0.39, 0.29) is 17.9 Å². The molecule has 3 N–H and O–H groups in total. The molecule has 6 aliphatic rings. The van der Waals surface area contributed by atoms with E-state index in [0.717, 1.165) is 39.0 Å². The number of nitrogens with zero attached hydrogens (tertiary/aromatic N) is 3. The van der Waals surface area contributed by atoms with Gasteiger partial charge in [0.1, 0.15) is 16.9 Å². The number of rotatable bonds is 10. The SMILES string of the molecule is CC[C@]1(NC(=O)c2ccc(OC)c(C)c2)C[C@H]2CN(CCc3c([nH]c4ccccc34)[C@@](C(=O)OC)(c3cc4c(cc3OC)N(C)[C@H]3[C@@](O)(C(=O)OC)[C@H](OC(C)=O)[C@]5(CC)C=CCN6CC[C@]43[C@@H]65)C2)C1. The van der Waals surface area contributed by atoms with Crippen LogP contribution in [0.15, 0.2) is 66.7 Å². The maximum absolute atomic E-state index is 15.8. The predicted molar refractivity (Wildman–Crippen MR) is 263 cm³/mol. The van der Waals surface area contributed by atoms with E-state index in [1.807, 2.05) is 62.2 Å². The highest BCUT2D eigenvalue weighted by Crippen LogP contribution is 2.68. The van der Waals surface area contributed by atoms with Crippen molar-refractivity contribution in [3.63, 3.8) is 0 Å². The van der Waals surface area contributed by atoms with Gasteiger partial charge >= 0.3 is 17.9 Å². The van der Waals surface area contributed by atoms with Crippen molar-refractivity contribution in [2.24, 2.45) is 11.3 Å². The second-order valence-electron chi connectivity index (χ2n) is 20.9. The number of esters is 3. The summed E-state index contributed by atoms with van der Waals surface area (Å²) in [6.45, 7) is 10.6. The first-order chi connectivity index (χ1) is 33.6. The predicted octanol–water partition coefficient (Wildman–Crippen LogP) is 5.75. The molecule has 5 aliphatic heterocycles. The maximum Gasteiger partial charge on any atom is 0.344 e. The number of methoxy groups -OCH3 is 4. The Morgan fingerprint density at radius 2 is 1.64 bits per heavy atom. The molecule has 15 heteroatoms. The quantitative estimate of drug-likeness (QED) is 0.0999. The first-order valence-corrected chi connectivity index (χ1v) is 24.8. The van der Waals surface area contributed by atoms with E-state index in [1.165, 1.54) is 21.1 Å². The Balaban J connectivity index is 1.20. The van der Waals surface area contributed by atoms with Gasteiger partial charge in [-0.2, -0.15) is 0 Å². The smallest absolute Gasteiger partial charge is 0.344 e. The lowest BCUT2D eigenvalue weighted by atomic mass is 9.47. The number of carbonyl (C=O) groups excluding carboxylic acids is 4. The third kappa shape index (κ3) is 6.55. The van der Waals surface area contributed by atoms with Crippen molar-refractivity contribution in [3.05, 3.63) is 100 Å². The summed E-state index contributed by atoms with van der Waals surface area (Å²) in [5, 5.41) is 18.0. The van der Waals surface area contributed by atoms with Crippen molar-refractivity contribution >= 4 is 40.4 Å². The number of benzene rings is 3. The largest absolute Gasteiger partial charge is 0.496 e. The van der Waals surface area contributed by atoms with Crippen LogP contribution in [0, 0.1) is 18.3 Å². The van der Waals surface area contributed by atoms with Crippen molar-refractivity contribution in [2.75, 3.05) is 73.1 Å². The molecule has 1 aromatic heterocycles. The molecular weight excluding hydrogens is 891 g/mol. The number of hydrogen-bond donors (Lipinski definition) is 3. The van der Waals surface area contributed by atoms with Crippen molar-refractivity contribution in [2.45, 2.75) is 106 Å². The van der Waals surface area contributed by atoms with Crippen molar-refractivity contribution in [1.29, 1.82) is 0 Å². The van der Waals surface area contributed by atoms with Crippen LogP contribution in [-0.4, -0.2) is 141 Å². The molecule has 10 atom stereocenters. The van der Waals surface area contributed by atoms with E-state index in [2.05, 4.69) is 51.3 Å². The molecule has 1 spiro atoms. The topological polar surface area (TPSA) is 172 Å². The molecule has 3 aromatic carbocycles. The summed E-state index contributed by atoms with van der Waals surface area (Å²) in [6, 6.07) is 16.4. The summed E-state index contributed by atoms with van der Waals surface area (Å²) in [5.74, 6) is -1.13. The normalized spacial score (nSPS) is 32.8. The van der Waals surface area contributed by atoms with E-state index in [0.29, 0.717) is 93.9 Å². The van der Waals surface area contributed by atoms with Crippen LogP contribution < -0.4 is 19.7 Å². The number of fused-ring (bicyclic) bond motifs is 6. The molecule has 1 unspecified atom stereocenters. The van der Waals surface area contributed by atoms with Gasteiger partial charge in [-0.1, -0.05) is 44.2 Å². The third-order valence-corrected chi connectivity index (χ3v) is 17.7. The summed E-state index contributed by atoms with van der Waals surface area (Å²) < 4.78 is 29.8. The minimum atomic E-state index is -2.34. The Kier molecular flexibility index (Phi) is 11.7. The Morgan fingerprint density at radius 1 is 0.886 bits per heavy atom. The molecule has 15 nitrogen and oxygen atoms in total. The molecule has 2 saturated heterocycles. The number of likely N-dealkylation sites (N-methyl/N-ethyl adjacent to an activating group) is 1. The zero-order valence-electron chi connectivity index (χ0n) is 41.9. The number of aromatic amines is 1. The molecule has 2 bridgehead atoms. The number of carbonyl (C=O) groups is 4. The highest BCUT2D eigenvalue weighted by Gasteiger charge is 2.80. The Labute approximate surface area is 409 Å². The van der Waals surface area contributed by atoms with Crippen LogP contribution in [0.1, 0.15) is 91.2 Å². The molecular formula is C55H67N5O10. The van der Waals surface area contributed by atoms with Crippen LogP contribution in [0.25, 0.3) is 10.9 Å². The van der Waals surface area contributed by atoms with Crippen LogP contribution in [-0.2, 0) is 45.8 Å². The lowest BCUT2D eigenvalue weighted by Gasteiger charge is -2.63. The molecule has 70 heavy (non-hydrogen) atoms. The number of ether oxygens (including phenoxy) is 5. The number of nitrogens with one attached hydrogen (secondary N) is 2. The molecule has 1 aliphatic carbocycles. The van der Waals surface area contributed by atoms with Gasteiger partial charge in [-0.15, -0.1) is 0 Å². The number of piperidine rings is 1. The average molecular weight is 958 g/mol. The van der Waals surface area contributed by atoms with Gasteiger partial charge in [-0.3, -0.25) is 19.3 Å². The summed E-state index contributed by atoms with van der Waals surface area (Å²) in [4.78, 5) is 68.4. The minimum absolute atomic E-state index is 0.142. The minimum Gasteiger partial charge on any atom is -0.496 e. The average Bonchev–Trinajstić information content (AvgIpc) is 4.02. The molecule has 1 saturated carbocycles. The number of para-hydroxylation sites is 1. The number of amides is 1. The van der Waals surface area contributed by atoms with Gasteiger partial charge in [0, 0.05) is 96.5 Å². The van der Waals surface area contributed by atoms with E-state index in [4.69, 9.17) is 23.7 Å². The summed E-state index contributed by atoms with van der Waals surface area (Å²) in [6.07, 6.45) is 5.95. The molecule has 1 amide bonds. The summed E-state index contributed by atoms with van der Waals surface area (Å²) in [7, 11) is 7.78. The zero-order chi connectivity index (χ0) is 49.7. The second-order valence-corrected chi connectivity index (χ2v) is 20.9. The van der Waals surface area contributed by atoms with Crippen molar-refractivity contribution in [1.82, 2.24) is 20.1 Å². The first-order valence-electron chi connectivity index (χ1n) is 24.8. The van der Waals surface area contributed by atoms with Crippen LogP contribution in [0.3, 0.4) is 0 Å². The van der Waals surface area contributed by atoms with Crippen molar-refractivity contribution < 1.29 is 48.0 Å². The monoisotopic (exact) mass is 957 g/mol. The second kappa shape index (κ2) is 17.2. The van der Waals surface area contributed by atoms with E-state index in [1.54, 1.807) is 20.3 Å². The van der Waals surface area contributed by atoms with Gasteiger partial charge in [0.2, 0.25) is 5.60 Å². The lowest BCUT2D eigenvalue weighted by molar-refractivity contribution is -0.228. The van der Waals surface area contributed by atoms with Crippen LogP contribution in [0.4, 0.5) is 5.69 Å². The van der Waals surface area contributed by atoms with Gasteiger partial charge in [-0.05, 0) is 105 Å². The first kappa shape index (κ1) is 47.8. The summed E-state index contributed by atoms with van der Waals surface area (Å²) >= 11 is 0. The van der Waals surface area contributed by atoms with Crippen LogP contribution in [0.2, 0.25) is 0 Å². The van der Waals surface area contributed by atoms with Gasteiger partial charge in [-0.25, -0.2) is 4.79 Å². The highest BCUT2D eigenvalue weighted by molar-refractivity contribution is 5.96. The van der Waals surface area contributed by atoms with E-state index in [9.17, 15) is 19.5 Å². The summed E-state index contributed by atoms with van der Waals surface area (Å²) in [5.41, 5.74) is -0.218. The molecule has 0 radical (unpaired) electrons. The maximum atomic E-state index is 15.8. The third-order valence-electron chi connectivity index (χ3n) is 17.7. The number of aliphatic hydroxyl groups is 1. The van der Waals surface area contributed by atoms with E-state index < -0.39 is 57.4 Å². The lowest BCUT2D eigenvalue weighted by Crippen LogP contribution is -2.81. The van der Waals surface area contributed by atoms with E-state index >= 15 is 4.79 Å². The Morgan fingerprint density at radius 3 is 2.33 bits per heavy atom. The molecule has 6 heterocycles. The highest BCUT2D eigenvalue weighted by atomic mass is 16.6. The van der Waals surface area contributed by atoms with Gasteiger partial charge in [0.25, 0.3) is 5.91 Å². The van der Waals surface area contributed by atoms with Crippen molar-refractivity contribution in [3.8, 4) is 11.5 Å². The Hall–Kier alpha value is -5.90. The number of hydrogen-bond acceptors (Lipinski definition) is 13. The Bertz CT molecular complexity index is 2830. The molecule has 4 aromatic rings.